The molecule has 2 aromatic carbocycles. The first-order chi connectivity index (χ1) is 11.7. The average molecular weight is 316 g/mol. The van der Waals surface area contributed by atoms with E-state index in [-0.39, 0.29) is 5.60 Å². The van der Waals surface area contributed by atoms with Crippen LogP contribution in [0.1, 0.15) is 44.6 Å². The van der Waals surface area contributed by atoms with Gasteiger partial charge >= 0.3 is 0 Å². The lowest BCUT2D eigenvalue weighted by molar-refractivity contribution is -0.128. The van der Waals surface area contributed by atoms with Crippen LogP contribution in [0.2, 0.25) is 0 Å². The molecular weight excluding hydrogens is 292 g/mol. The van der Waals surface area contributed by atoms with Crippen molar-refractivity contribution in [2.75, 3.05) is 0 Å². The van der Waals surface area contributed by atoms with E-state index < -0.39 is 0 Å². The van der Waals surface area contributed by atoms with Gasteiger partial charge in [-0.3, -0.25) is 0 Å². The molecule has 4 aliphatic carbocycles. The Labute approximate surface area is 143 Å². The lowest BCUT2D eigenvalue weighted by Crippen LogP contribution is -2.60. The summed E-state index contributed by atoms with van der Waals surface area (Å²) in [5.41, 5.74) is 2.75. The van der Waals surface area contributed by atoms with Gasteiger partial charge in [-0.25, -0.2) is 0 Å². The Hall–Kier alpha value is -1.76. The molecule has 4 bridgehead atoms. The summed E-state index contributed by atoms with van der Waals surface area (Å²) in [7, 11) is 0. The van der Waals surface area contributed by atoms with Gasteiger partial charge in [-0.15, -0.1) is 0 Å². The number of fused-ring (bicyclic) bond motifs is 3. The van der Waals surface area contributed by atoms with E-state index in [0.29, 0.717) is 0 Å². The summed E-state index contributed by atoms with van der Waals surface area (Å²) < 4.78 is 6.90. The van der Waals surface area contributed by atoms with Gasteiger partial charge in [0.25, 0.3) is 0 Å². The second kappa shape index (κ2) is 4.45. The number of hydrogen-bond acceptors (Lipinski definition) is 1. The fourth-order valence-electron chi connectivity index (χ4n) is 6.70. The molecule has 5 aliphatic rings. The predicted octanol–water partition coefficient (Wildman–Crippen LogP) is 5.83. The minimum Gasteiger partial charge on any atom is -0.482 e. The van der Waals surface area contributed by atoms with Gasteiger partial charge in [0, 0.05) is 17.4 Å². The second-order valence-electron chi connectivity index (χ2n) is 8.75. The van der Waals surface area contributed by atoms with Crippen LogP contribution in [-0.4, -0.2) is 5.60 Å². The van der Waals surface area contributed by atoms with Crippen LogP contribution < -0.4 is 4.74 Å². The lowest BCUT2D eigenvalue weighted by Gasteiger charge is -2.60. The topological polar surface area (TPSA) is 9.23 Å². The summed E-state index contributed by atoms with van der Waals surface area (Å²) in [6.07, 6.45) is 9.58. The number of allylic oxidation sites excluding steroid dienone is 1. The number of benzene rings is 2. The largest absolute Gasteiger partial charge is 0.482 e. The Bertz CT molecular complexity index is 847. The molecule has 0 atom stereocenters. The van der Waals surface area contributed by atoms with Crippen LogP contribution in [0, 0.1) is 23.7 Å². The molecule has 0 saturated heterocycles. The molecule has 4 fully saturated rings. The Kier molecular flexibility index (Phi) is 2.50. The molecule has 1 heteroatoms. The van der Waals surface area contributed by atoms with E-state index in [1.807, 2.05) is 0 Å². The van der Waals surface area contributed by atoms with Crippen molar-refractivity contribution in [1.29, 1.82) is 0 Å². The third-order valence-corrected chi connectivity index (χ3v) is 7.43. The molecule has 4 saturated carbocycles. The highest BCUT2D eigenvalue weighted by Crippen LogP contribution is 2.62. The predicted molar refractivity (Wildman–Crippen MR) is 98.0 cm³/mol. The molecule has 122 valence electrons. The molecule has 0 amide bonds. The third kappa shape index (κ3) is 1.61. The van der Waals surface area contributed by atoms with Crippen molar-refractivity contribution >= 4 is 16.3 Å². The van der Waals surface area contributed by atoms with Crippen molar-refractivity contribution in [3.8, 4) is 5.75 Å². The molecule has 0 N–H and O–H groups in total. The smallest absolute Gasteiger partial charge is 0.133 e. The molecule has 2 aromatic rings. The minimum atomic E-state index is -0.00698. The van der Waals surface area contributed by atoms with Crippen molar-refractivity contribution in [1.82, 2.24) is 0 Å². The monoisotopic (exact) mass is 316 g/mol. The van der Waals surface area contributed by atoms with Crippen molar-refractivity contribution in [2.24, 2.45) is 23.7 Å². The fraction of sp³-hybridized carbons (Fsp3) is 0.478. The van der Waals surface area contributed by atoms with Crippen LogP contribution in [0.15, 0.2) is 42.5 Å². The maximum Gasteiger partial charge on any atom is 0.133 e. The van der Waals surface area contributed by atoms with Crippen LogP contribution >= 0.6 is 0 Å². The number of hydrogen-bond donors (Lipinski definition) is 0. The summed E-state index contributed by atoms with van der Waals surface area (Å²) in [5, 5.41) is 2.65. The Morgan fingerprint density at radius 3 is 2.33 bits per heavy atom. The van der Waals surface area contributed by atoms with Crippen LogP contribution in [0.3, 0.4) is 0 Å². The average Bonchev–Trinajstić information content (AvgIpc) is 2.59. The maximum atomic E-state index is 6.90. The molecular formula is C23H24O. The summed E-state index contributed by atoms with van der Waals surface area (Å²) >= 11 is 0. The molecule has 1 heterocycles. The van der Waals surface area contributed by atoms with E-state index in [9.17, 15) is 0 Å². The highest BCUT2D eigenvalue weighted by atomic mass is 16.5. The van der Waals surface area contributed by atoms with Crippen molar-refractivity contribution in [3.05, 3.63) is 48.0 Å². The van der Waals surface area contributed by atoms with Gasteiger partial charge < -0.3 is 4.74 Å². The summed E-state index contributed by atoms with van der Waals surface area (Å²) in [6, 6.07) is 13.2. The highest BCUT2D eigenvalue weighted by Gasteiger charge is 2.58. The first-order valence-corrected chi connectivity index (χ1v) is 9.63. The zero-order chi connectivity index (χ0) is 15.9. The maximum absolute atomic E-state index is 6.90. The molecule has 7 rings (SSSR count). The number of rotatable bonds is 0. The van der Waals surface area contributed by atoms with Gasteiger partial charge in [0.2, 0.25) is 0 Å². The van der Waals surface area contributed by atoms with Gasteiger partial charge in [-0.05, 0) is 79.4 Å². The summed E-state index contributed by atoms with van der Waals surface area (Å²) in [4.78, 5) is 0. The summed E-state index contributed by atoms with van der Waals surface area (Å²) in [5.74, 6) is 4.56. The first-order valence-electron chi connectivity index (χ1n) is 9.63. The van der Waals surface area contributed by atoms with Gasteiger partial charge in [0.1, 0.15) is 11.4 Å². The minimum absolute atomic E-state index is 0.00698. The Balaban J connectivity index is 1.54. The fourth-order valence-corrected chi connectivity index (χ4v) is 6.70. The molecule has 0 aromatic heterocycles. The molecule has 24 heavy (non-hydrogen) atoms. The molecule has 0 unspecified atom stereocenters. The Morgan fingerprint density at radius 2 is 1.58 bits per heavy atom. The van der Waals surface area contributed by atoms with Crippen molar-refractivity contribution < 1.29 is 4.74 Å². The van der Waals surface area contributed by atoms with Crippen LogP contribution in [0.5, 0.6) is 5.75 Å². The van der Waals surface area contributed by atoms with Crippen molar-refractivity contribution in [2.45, 2.75) is 44.6 Å². The lowest BCUT2D eigenvalue weighted by atomic mass is 9.49. The zero-order valence-corrected chi connectivity index (χ0v) is 14.3. The molecule has 1 aliphatic heterocycles. The van der Waals surface area contributed by atoms with Crippen LogP contribution in [0.25, 0.3) is 16.3 Å². The summed E-state index contributed by atoms with van der Waals surface area (Å²) in [6.45, 7) is 2.31. The molecule has 1 nitrogen and oxygen atoms in total. The SMILES string of the molecule is CC1=CC2(Oc3ccc4ccccc4c31)C1CC3CC(C1)CC2C3. The van der Waals surface area contributed by atoms with Gasteiger partial charge in [-0.1, -0.05) is 30.3 Å². The van der Waals surface area contributed by atoms with E-state index in [1.54, 1.807) is 0 Å². The molecule has 1 spiro atoms. The number of ether oxygens (including phenoxy) is 1. The highest BCUT2D eigenvalue weighted by molar-refractivity contribution is 5.97. The zero-order valence-electron chi connectivity index (χ0n) is 14.3. The van der Waals surface area contributed by atoms with E-state index >= 15 is 0 Å². The second-order valence-corrected chi connectivity index (χ2v) is 8.75. The third-order valence-electron chi connectivity index (χ3n) is 7.43. The van der Waals surface area contributed by atoms with E-state index in [4.69, 9.17) is 4.74 Å². The van der Waals surface area contributed by atoms with Crippen LogP contribution in [0.4, 0.5) is 0 Å². The van der Waals surface area contributed by atoms with E-state index in [1.165, 1.54) is 54.0 Å². The van der Waals surface area contributed by atoms with Gasteiger partial charge in [0.05, 0.1) is 0 Å². The Morgan fingerprint density at radius 1 is 0.875 bits per heavy atom. The van der Waals surface area contributed by atoms with Crippen molar-refractivity contribution in [3.63, 3.8) is 0 Å². The quantitative estimate of drug-likeness (QED) is 0.594. The van der Waals surface area contributed by atoms with E-state index in [2.05, 4.69) is 49.4 Å². The van der Waals surface area contributed by atoms with Gasteiger partial charge in [0.15, 0.2) is 0 Å². The van der Waals surface area contributed by atoms with Gasteiger partial charge in [-0.2, -0.15) is 0 Å². The normalized spacial score (nSPS) is 39.0. The standard InChI is InChI=1S/C23H24O/c1-14-13-23(18-9-15-8-16(11-18)12-19(23)10-15)24-21-7-6-17-4-2-3-5-20(17)22(14)21/h2-7,13,15-16,18-19H,8-12H2,1H3. The molecule has 0 radical (unpaired) electrons. The van der Waals surface area contributed by atoms with Crippen LogP contribution in [-0.2, 0) is 0 Å². The first kappa shape index (κ1) is 13.5. The van der Waals surface area contributed by atoms with E-state index in [0.717, 1.165) is 29.4 Å².